The van der Waals surface area contributed by atoms with E-state index >= 15 is 0 Å². The lowest BCUT2D eigenvalue weighted by molar-refractivity contribution is -0.167. The Morgan fingerprint density at radius 2 is 0.542 bits per heavy atom. The zero-order chi connectivity index (χ0) is 52.2. The van der Waals surface area contributed by atoms with Crippen LogP contribution in [0, 0.1) is 0 Å². The van der Waals surface area contributed by atoms with Crippen LogP contribution in [0.2, 0.25) is 0 Å². The summed E-state index contributed by atoms with van der Waals surface area (Å²) in [6.07, 6.45) is 83.4. The number of hydrogen-bond acceptors (Lipinski definition) is 6. The van der Waals surface area contributed by atoms with Gasteiger partial charge in [-0.2, -0.15) is 0 Å². The number of rotatable bonds is 51. The highest BCUT2D eigenvalue weighted by atomic mass is 16.6. The standard InChI is InChI=1S/C66H106O6/c1-4-7-10-13-16-18-20-22-24-26-28-30-31-32-33-34-35-37-38-40-42-44-46-48-50-53-56-59-65(68)71-62-63(61-70-64(67)58-55-52-15-12-9-6-3)72-66(69)60-57-54-51-49-47-45-43-41-39-36-29-27-25-23-21-19-17-14-11-8-5-2/h7-8,10-11,16-19,22-25,28-30,32-33,36,41,43,47,49,63H,4-6,9,12-15,20-21,26-27,31,34-35,37-40,42,44-46,48,50-62H2,1-3H3/b10-7-,11-8-,18-16-,19-17-,24-22-,25-23-,30-28-,33-32-,36-29-,43-41-,49-47-. The SMILES string of the molecule is CC/C=C\C/C=C\C/C=C\C/C=C\C/C=C\C/C=C\CCCCC(=O)OC(COC(=O)CCCCCCCC)COC(=O)CCCCCCCCCCCCC/C=C\C/C=C\C/C=C\C/C=C\C/C=C\CC. The van der Waals surface area contributed by atoms with Gasteiger partial charge in [0.05, 0.1) is 0 Å². The average molecular weight is 996 g/mol. The van der Waals surface area contributed by atoms with Crippen LogP contribution >= 0.6 is 0 Å². The van der Waals surface area contributed by atoms with Gasteiger partial charge in [-0.3, -0.25) is 14.4 Å². The lowest BCUT2D eigenvalue weighted by Gasteiger charge is -2.18. The van der Waals surface area contributed by atoms with Crippen molar-refractivity contribution in [2.24, 2.45) is 0 Å². The zero-order valence-corrected chi connectivity index (χ0v) is 46.4. The van der Waals surface area contributed by atoms with Crippen molar-refractivity contribution in [1.82, 2.24) is 0 Å². The minimum Gasteiger partial charge on any atom is -0.462 e. The molecule has 0 aromatic heterocycles. The van der Waals surface area contributed by atoms with Gasteiger partial charge in [0.2, 0.25) is 0 Å². The summed E-state index contributed by atoms with van der Waals surface area (Å²) in [6, 6.07) is 0. The van der Waals surface area contributed by atoms with Crippen LogP contribution < -0.4 is 0 Å². The smallest absolute Gasteiger partial charge is 0.306 e. The Kier molecular flexibility index (Phi) is 55.5. The van der Waals surface area contributed by atoms with E-state index in [1.54, 1.807) is 0 Å². The second-order valence-corrected chi connectivity index (χ2v) is 18.8. The minimum atomic E-state index is -0.804. The summed E-state index contributed by atoms with van der Waals surface area (Å²) >= 11 is 0. The van der Waals surface area contributed by atoms with Gasteiger partial charge in [-0.1, -0.05) is 244 Å². The zero-order valence-electron chi connectivity index (χ0n) is 46.4. The molecule has 0 aliphatic carbocycles. The molecule has 406 valence electrons. The van der Waals surface area contributed by atoms with Crippen LogP contribution in [0.1, 0.15) is 245 Å². The highest BCUT2D eigenvalue weighted by Crippen LogP contribution is 2.14. The molecule has 0 saturated heterocycles. The Balaban J connectivity index is 4.22. The van der Waals surface area contributed by atoms with Crippen LogP contribution in [-0.4, -0.2) is 37.2 Å². The van der Waals surface area contributed by atoms with Gasteiger partial charge in [-0.25, -0.2) is 0 Å². The first-order valence-corrected chi connectivity index (χ1v) is 29.2. The Hall–Kier alpha value is -4.45. The molecule has 1 atom stereocenters. The fourth-order valence-electron chi connectivity index (χ4n) is 7.59. The van der Waals surface area contributed by atoms with Crippen LogP contribution in [0.5, 0.6) is 0 Å². The molecular formula is C66H106O6. The molecule has 0 spiro atoms. The summed E-state index contributed by atoms with van der Waals surface area (Å²) in [5.74, 6) is -0.961. The van der Waals surface area contributed by atoms with E-state index in [0.717, 1.165) is 122 Å². The summed E-state index contributed by atoms with van der Waals surface area (Å²) in [5, 5.41) is 0. The number of unbranched alkanes of at least 4 members (excludes halogenated alkanes) is 18. The normalized spacial score (nSPS) is 13.1. The van der Waals surface area contributed by atoms with Crippen molar-refractivity contribution in [3.05, 3.63) is 134 Å². The van der Waals surface area contributed by atoms with Crippen LogP contribution in [0.25, 0.3) is 0 Å². The third-order valence-corrected chi connectivity index (χ3v) is 11.9. The first kappa shape index (κ1) is 67.5. The van der Waals surface area contributed by atoms with Crippen molar-refractivity contribution in [2.45, 2.75) is 252 Å². The molecular weight excluding hydrogens is 889 g/mol. The van der Waals surface area contributed by atoms with E-state index in [4.69, 9.17) is 14.2 Å². The maximum absolute atomic E-state index is 12.8. The van der Waals surface area contributed by atoms with E-state index in [-0.39, 0.29) is 37.5 Å². The fourth-order valence-corrected chi connectivity index (χ4v) is 7.59. The van der Waals surface area contributed by atoms with Crippen LogP contribution in [0.15, 0.2) is 134 Å². The number of carbonyl (C=O) groups is 3. The first-order valence-electron chi connectivity index (χ1n) is 29.2. The first-order chi connectivity index (χ1) is 35.5. The molecule has 0 aliphatic rings. The summed E-state index contributed by atoms with van der Waals surface area (Å²) in [7, 11) is 0. The highest BCUT2D eigenvalue weighted by molar-refractivity contribution is 5.71. The molecule has 0 saturated carbocycles. The molecule has 0 bridgehead atoms. The molecule has 0 radical (unpaired) electrons. The maximum Gasteiger partial charge on any atom is 0.306 e. The van der Waals surface area contributed by atoms with Crippen molar-refractivity contribution >= 4 is 17.9 Å². The molecule has 6 heteroatoms. The Bertz CT molecular complexity index is 1560. The van der Waals surface area contributed by atoms with E-state index in [0.29, 0.717) is 19.3 Å². The Morgan fingerprint density at radius 3 is 0.875 bits per heavy atom. The molecule has 0 aromatic rings. The molecule has 0 aromatic carbocycles. The van der Waals surface area contributed by atoms with E-state index < -0.39 is 6.10 Å². The van der Waals surface area contributed by atoms with Gasteiger partial charge < -0.3 is 14.2 Å². The summed E-state index contributed by atoms with van der Waals surface area (Å²) in [5.41, 5.74) is 0. The van der Waals surface area contributed by atoms with Gasteiger partial charge >= 0.3 is 17.9 Å². The number of esters is 3. The molecule has 0 fully saturated rings. The second-order valence-electron chi connectivity index (χ2n) is 18.8. The highest BCUT2D eigenvalue weighted by Gasteiger charge is 2.19. The molecule has 0 aliphatic heterocycles. The van der Waals surface area contributed by atoms with E-state index in [9.17, 15) is 14.4 Å². The Labute approximate surface area is 443 Å². The molecule has 1 unspecified atom stereocenters. The largest absolute Gasteiger partial charge is 0.462 e. The van der Waals surface area contributed by atoms with E-state index in [1.165, 1.54) is 77.0 Å². The van der Waals surface area contributed by atoms with E-state index in [2.05, 4.69) is 154 Å². The van der Waals surface area contributed by atoms with Crippen molar-refractivity contribution in [2.75, 3.05) is 13.2 Å². The predicted molar refractivity (Wildman–Crippen MR) is 311 cm³/mol. The van der Waals surface area contributed by atoms with Crippen molar-refractivity contribution in [3.8, 4) is 0 Å². The predicted octanol–water partition coefficient (Wildman–Crippen LogP) is 19.8. The summed E-state index contributed by atoms with van der Waals surface area (Å²) in [6.45, 7) is 6.30. The molecule has 72 heavy (non-hydrogen) atoms. The van der Waals surface area contributed by atoms with Gasteiger partial charge in [0.25, 0.3) is 0 Å². The summed E-state index contributed by atoms with van der Waals surface area (Å²) < 4.78 is 16.7. The third kappa shape index (κ3) is 56.5. The fraction of sp³-hybridized carbons (Fsp3) is 0.621. The van der Waals surface area contributed by atoms with Gasteiger partial charge in [-0.05, 0) is 116 Å². The van der Waals surface area contributed by atoms with Crippen molar-refractivity contribution in [3.63, 3.8) is 0 Å². The lowest BCUT2D eigenvalue weighted by Crippen LogP contribution is -2.30. The quantitative estimate of drug-likeness (QED) is 0.0261. The average Bonchev–Trinajstić information content (AvgIpc) is 3.38. The third-order valence-electron chi connectivity index (χ3n) is 11.9. The van der Waals surface area contributed by atoms with Crippen LogP contribution in [-0.2, 0) is 28.6 Å². The van der Waals surface area contributed by atoms with Gasteiger partial charge in [0.15, 0.2) is 6.10 Å². The minimum absolute atomic E-state index is 0.0999. The molecule has 0 heterocycles. The molecule has 0 N–H and O–H groups in total. The maximum atomic E-state index is 12.8. The van der Waals surface area contributed by atoms with Crippen molar-refractivity contribution in [1.29, 1.82) is 0 Å². The number of hydrogen-bond donors (Lipinski definition) is 0. The Morgan fingerprint density at radius 1 is 0.292 bits per heavy atom. The van der Waals surface area contributed by atoms with Gasteiger partial charge in [-0.15, -0.1) is 0 Å². The number of allylic oxidation sites excluding steroid dienone is 22. The summed E-state index contributed by atoms with van der Waals surface area (Å²) in [4.78, 5) is 37.9. The molecule has 0 amide bonds. The molecule has 6 nitrogen and oxygen atoms in total. The van der Waals surface area contributed by atoms with Gasteiger partial charge in [0.1, 0.15) is 13.2 Å². The lowest BCUT2D eigenvalue weighted by atomic mass is 10.0. The van der Waals surface area contributed by atoms with Crippen LogP contribution in [0.3, 0.4) is 0 Å². The monoisotopic (exact) mass is 995 g/mol. The number of carbonyl (C=O) groups excluding carboxylic acids is 3. The van der Waals surface area contributed by atoms with E-state index in [1.807, 2.05) is 0 Å². The molecule has 0 rings (SSSR count). The van der Waals surface area contributed by atoms with Gasteiger partial charge in [0, 0.05) is 19.3 Å². The second kappa shape index (κ2) is 59.1. The topological polar surface area (TPSA) is 78.9 Å². The van der Waals surface area contributed by atoms with Crippen molar-refractivity contribution < 1.29 is 28.6 Å². The van der Waals surface area contributed by atoms with Crippen LogP contribution in [0.4, 0.5) is 0 Å². The number of ether oxygens (including phenoxy) is 3.